The molecular weight excluding hydrogens is 200 g/mol. The van der Waals surface area contributed by atoms with E-state index >= 15 is 0 Å². The zero-order chi connectivity index (χ0) is 10.6. The van der Waals surface area contributed by atoms with Crippen LogP contribution in [0.3, 0.4) is 0 Å². The summed E-state index contributed by atoms with van der Waals surface area (Å²) in [5, 5.41) is 9.13. The Kier molecular flexibility index (Phi) is 1.66. The van der Waals surface area contributed by atoms with Crippen molar-refractivity contribution in [1.82, 2.24) is 0 Å². The average molecular weight is 212 g/mol. The fourth-order valence-corrected chi connectivity index (χ4v) is 3.22. The van der Waals surface area contributed by atoms with Crippen LogP contribution in [0.15, 0.2) is 0 Å². The van der Waals surface area contributed by atoms with E-state index in [2.05, 4.69) is 0 Å². The summed E-state index contributed by atoms with van der Waals surface area (Å²) in [7, 11) is 0. The van der Waals surface area contributed by atoms with E-state index in [4.69, 9.17) is 14.6 Å². The molecule has 3 aliphatic rings. The second kappa shape index (κ2) is 2.72. The van der Waals surface area contributed by atoms with E-state index in [1.807, 2.05) is 0 Å². The molecule has 3 heterocycles. The van der Waals surface area contributed by atoms with E-state index in [1.54, 1.807) is 0 Å². The molecule has 0 radical (unpaired) electrons. The van der Waals surface area contributed by atoms with Crippen LogP contribution in [0.1, 0.15) is 19.3 Å². The van der Waals surface area contributed by atoms with Gasteiger partial charge in [0.25, 0.3) is 0 Å². The lowest BCUT2D eigenvalue weighted by atomic mass is 9.69. The standard InChI is InChI=1S/C10H12O5/c11-7-3-5-8(9(12)13)6-1-2-10(5,15-6)4-14-7/h5-6,8H,1-4H2,(H,12,13). The molecular formula is C10H12O5. The Bertz CT molecular complexity index is 339. The second-order valence-corrected chi connectivity index (χ2v) is 4.60. The van der Waals surface area contributed by atoms with Crippen molar-refractivity contribution in [2.75, 3.05) is 6.61 Å². The van der Waals surface area contributed by atoms with Gasteiger partial charge in [-0.2, -0.15) is 0 Å². The fraction of sp³-hybridized carbons (Fsp3) is 0.800. The monoisotopic (exact) mass is 212 g/mol. The zero-order valence-corrected chi connectivity index (χ0v) is 8.14. The predicted octanol–water partition coefficient (Wildman–Crippen LogP) is 0.182. The molecule has 82 valence electrons. The lowest BCUT2D eigenvalue weighted by molar-refractivity contribution is -0.167. The zero-order valence-electron chi connectivity index (χ0n) is 8.14. The van der Waals surface area contributed by atoms with Crippen molar-refractivity contribution in [3.63, 3.8) is 0 Å². The van der Waals surface area contributed by atoms with Crippen LogP contribution in [0.2, 0.25) is 0 Å². The van der Waals surface area contributed by atoms with Crippen LogP contribution in [-0.2, 0) is 19.1 Å². The number of aliphatic carboxylic acids is 1. The summed E-state index contributed by atoms with van der Waals surface area (Å²) >= 11 is 0. The summed E-state index contributed by atoms with van der Waals surface area (Å²) in [5.74, 6) is -1.85. The summed E-state index contributed by atoms with van der Waals surface area (Å²) in [6, 6.07) is 0. The Morgan fingerprint density at radius 3 is 3.07 bits per heavy atom. The first-order valence-electron chi connectivity index (χ1n) is 5.19. The third-order valence-corrected chi connectivity index (χ3v) is 3.90. The van der Waals surface area contributed by atoms with Gasteiger partial charge in [0.05, 0.1) is 18.4 Å². The summed E-state index contributed by atoms with van der Waals surface area (Å²) < 4.78 is 10.7. The highest BCUT2D eigenvalue weighted by Crippen LogP contribution is 2.54. The molecule has 3 rings (SSSR count). The molecule has 5 nitrogen and oxygen atoms in total. The number of esters is 1. The smallest absolute Gasteiger partial charge is 0.309 e. The molecule has 0 aliphatic carbocycles. The molecule has 0 aromatic carbocycles. The Morgan fingerprint density at radius 2 is 2.33 bits per heavy atom. The van der Waals surface area contributed by atoms with E-state index in [-0.39, 0.29) is 31.0 Å². The molecule has 15 heavy (non-hydrogen) atoms. The largest absolute Gasteiger partial charge is 0.481 e. The van der Waals surface area contributed by atoms with Crippen LogP contribution in [0.4, 0.5) is 0 Å². The summed E-state index contributed by atoms with van der Waals surface area (Å²) in [5.41, 5.74) is -0.484. The fourth-order valence-electron chi connectivity index (χ4n) is 3.22. The molecule has 1 N–H and O–H groups in total. The van der Waals surface area contributed by atoms with Gasteiger partial charge in [0.15, 0.2) is 0 Å². The van der Waals surface area contributed by atoms with Crippen LogP contribution in [0, 0.1) is 11.8 Å². The van der Waals surface area contributed by atoms with Crippen molar-refractivity contribution in [1.29, 1.82) is 0 Å². The van der Waals surface area contributed by atoms with Crippen molar-refractivity contribution >= 4 is 11.9 Å². The molecule has 3 aliphatic heterocycles. The van der Waals surface area contributed by atoms with Gasteiger partial charge in [-0.05, 0) is 12.8 Å². The lowest BCUT2D eigenvalue weighted by Gasteiger charge is -2.37. The van der Waals surface area contributed by atoms with Crippen LogP contribution < -0.4 is 0 Å². The van der Waals surface area contributed by atoms with Crippen molar-refractivity contribution in [3.8, 4) is 0 Å². The molecule has 0 aromatic rings. The van der Waals surface area contributed by atoms with E-state index in [9.17, 15) is 9.59 Å². The van der Waals surface area contributed by atoms with E-state index in [0.717, 1.165) is 12.8 Å². The number of fused-ring (bicyclic) bond motifs is 1. The van der Waals surface area contributed by atoms with Crippen LogP contribution in [0.5, 0.6) is 0 Å². The minimum atomic E-state index is -0.846. The van der Waals surface area contributed by atoms with Gasteiger partial charge in [-0.15, -0.1) is 0 Å². The summed E-state index contributed by atoms with van der Waals surface area (Å²) in [4.78, 5) is 22.3. The number of hydrogen-bond donors (Lipinski definition) is 1. The summed E-state index contributed by atoms with van der Waals surface area (Å²) in [6.07, 6.45) is 1.56. The maximum Gasteiger partial charge on any atom is 0.309 e. The third kappa shape index (κ3) is 1.07. The van der Waals surface area contributed by atoms with Crippen molar-refractivity contribution in [2.45, 2.75) is 31.0 Å². The normalized spacial score (nSPS) is 47.5. The number of carboxylic acid groups (broad SMARTS) is 1. The number of carbonyl (C=O) groups is 2. The predicted molar refractivity (Wildman–Crippen MR) is 47.0 cm³/mol. The van der Waals surface area contributed by atoms with E-state index in [0.29, 0.717) is 0 Å². The SMILES string of the molecule is O=C1CC2C(C(=O)O)C3CCC2(CO1)O3. The molecule has 3 saturated heterocycles. The maximum atomic E-state index is 11.2. The van der Waals surface area contributed by atoms with Crippen molar-refractivity contribution in [2.24, 2.45) is 11.8 Å². The Hall–Kier alpha value is -1.10. The number of ether oxygens (including phenoxy) is 2. The molecule has 5 heteroatoms. The van der Waals surface area contributed by atoms with Gasteiger partial charge in [-0.3, -0.25) is 9.59 Å². The minimum Gasteiger partial charge on any atom is -0.481 e. The van der Waals surface area contributed by atoms with Gasteiger partial charge in [0.1, 0.15) is 12.2 Å². The van der Waals surface area contributed by atoms with Gasteiger partial charge < -0.3 is 14.6 Å². The molecule has 4 atom stereocenters. The van der Waals surface area contributed by atoms with Gasteiger partial charge in [0, 0.05) is 5.92 Å². The van der Waals surface area contributed by atoms with Crippen LogP contribution in [0.25, 0.3) is 0 Å². The van der Waals surface area contributed by atoms with Crippen molar-refractivity contribution < 1.29 is 24.2 Å². The Morgan fingerprint density at radius 1 is 1.53 bits per heavy atom. The lowest BCUT2D eigenvalue weighted by Crippen LogP contribution is -2.49. The highest BCUT2D eigenvalue weighted by Gasteiger charge is 2.64. The molecule has 0 amide bonds. The number of carbonyl (C=O) groups excluding carboxylic acids is 1. The number of carboxylic acids is 1. The first kappa shape index (κ1) is 9.15. The van der Waals surface area contributed by atoms with Gasteiger partial charge in [-0.25, -0.2) is 0 Å². The third-order valence-electron chi connectivity index (χ3n) is 3.90. The van der Waals surface area contributed by atoms with Crippen LogP contribution in [-0.4, -0.2) is 35.4 Å². The Labute approximate surface area is 86.4 Å². The molecule has 1 spiro atoms. The van der Waals surface area contributed by atoms with E-state index in [1.165, 1.54) is 0 Å². The molecule has 0 saturated carbocycles. The number of hydrogen-bond acceptors (Lipinski definition) is 4. The van der Waals surface area contributed by atoms with E-state index < -0.39 is 17.5 Å². The van der Waals surface area contributed by atoms with Gasteiger partial charge in [-0.1, -0.05) is 0 Å². The number of rotatable bonds is 1. The minimum absolute atomic E-state index is 0.185. The van der Waals surface area contributed by atoms with Gasteiger partial charge in [0.2, 0.25) is 0 Å². The quantitative estimate of drug-likeness (QED) is 0.628. The van der Waals surface area contributed by atoms with Gasteiger partial charge >= 0.3 is 11.9 Å². The topological polar surface area (TPSA) is 72.8 Å². The summed E-state index contributed by atoms with van der Waals surface area (Å²) in [6.45, 7) is 0.233. The highest BCUT2D eigenvalue weighted by atomic mass is 16.6. The molecule has 0 aromatic heterocycles. The maximum absolute atomic E-state index is 11.2. The molecule has 2 bridgehead atoms. The first-order chi connectivity index (χ1) is 7.12. The average Bonchev–Trinajstić information content (AvgIpc) is 2.70. The highest BCUT2D eigenvalue weighted by molar-refractivity contribution is 5.76. The first-order valence-corrected chi connectivity index (χ1v) is 5.19. The molecule has 3 fully saturated rings. The van der Waals surface area contributed by atoms with Crippen molar-refractivity contribution in [3.05, 3.63) is 0 Å². The van der Waals surface area contributed by atoms with Crippen LogP contribution >= 0.6 is 0 Å². The number of cyclic esters (lactones) is 1. The Balaban J connectivity index is 1.95. The second-order valence-electron chi connectivity index (χ2n) is 4.60. The molecule has 4 unspecified atom stereocenters.